The van der Waals surface area contributed by atoms with E-state index in [2.05, 4.69) is 121 Å². The van der Waals surface area contributed by atoms with Gasteiger partial charge in [-0.3, -0.25) is 4.57 Å². The van der Waals surface area contributed by atoms with Crippen LogP contribution in [0.15, 0.2) is 145 Å². The van der Waals surface area contributed by atoms with Crippen LogP contribution in [-0.4, -0.2) is 15.4 Å². The first-order valence-corrected chi connectivity index (χ1v) is 14.4. The summed E-state index contributed by atoms with van der Waals surface area (Å²) in [4.78, 5) is 10.3. The van der Waals surface area contributed by atoms with Crippen molar-refractivity contribution < 1.29 is 0 Å². The van der Waals surface area contributed by atoms with Crippen LogP contribution in [0.4, 0.5) is 0 Å². The van der Waals surface area contributed by atoms with Crippen molar-refractivity contribution in [1.29, 1.82) is 0 Å². The van der Waals surface area contributed by atoms with Crippen LogP contribution >= 0.6 is 11.3 Å². The zero-order valence-corrected chi connectivity index (χ0v) is 23.5. The van der Waals surface area contributed by atoms with Crippen molar-refractivity contribution >= 4 is 60.5 Å². The zero-order valence-electron chi connectivity index (χ0n) is 22.7. The van der Waals surface area contributed by atoms with Gasteiger partial charge in [0.25, 0.3) is 0 Å². The first-order valence-electron chi connectivity index (χ1n) is 13.6. The molecule has 2 aromatic heterocycles. The monoisotopic (exact) mass is 545 g/mol. The van der Waals surface area contributed by atoms with Crippen molar-refractivity contribution in [3.63, 3.8) is 0 Å². The molecule has 0 aliphatic rings. The summed E-state index contributed by atoms with van der Waals surface area (Å²) in [5.41, 5.74) is 8.29. The van der Waals surface area contributed by atoms with E-state index in [0.717, 1.165) is 54.4 Å². The third-order valence-corrected chi connectivity index (χ3v) is 8.50. The first-order chi connectivity index (χ1) is 20.2. The molecule has 0 unspecified atom stereocenters. The lowest BCUT2D eigenvalue weighted by molar-refractivity contribution is 1.27. The summed E-state index contributed by atoms with van der Waals surface area (Å²) in [6.45, 7) is 6.52. The minimum Gasteiger partial charge on any atom is -0.292 e. The van der Waals surface area contributed by atoms with E-state index in [1.807, 2.05) is 30.3 Å². The van der Waals surface area contributed by atoms with Gasteiger partial charge in [0.15, 0.2) is 0 Å². The van der Waals surface area contributed by atoms with E-state index in [9.17, 15) is 0 Å². The van der Waals surface area contributed by atoms with E-state index in [4.69, 9.17) is 9.98 Å². The Balaban J connectivity index is 1.54. The van der Waals surface area contributed by atoms with Gasteiger partial charge in [-0.1, -0.05) is 116 Å². The number of hydrogen-bond acceptors (Lipinski definition) is 3. The van der Waals surface area contributed by atoms with Crippen LogP contribution in [0.25, 0.3) is 53.9 Å². The summed E-state index contributed by atoms with van der Waals surface area (Å²) in [6, 6.07) is 43.9. The van der Waals surface area contributed by atoms with Gasteiger partial charge >= 0.3 is 0 Å². The van der Waals surface area contributed by atoms with Gasteiger partial charge in [0.05, 0.1) is 26.9 Å². The molecule has 0 amide bonds. The second kappa shape index (κ2) is 10.5. The summed E-state index contributed by atoms with van der Waals surface area (Å²) in [5.74, 6) is 0.813. The molecule has 196 valence electrons. The first kappa shape index (κ1) is 24.9. The fourth-order valence-electron chi connectivity index (χ4n) is 5.33. The second-order valence-electron chi connectivity index (χ2n) is 10.0. The minimum absolute atomic E-state index is 0.713. The molecule has 0 N–H and O–H groups in total. The van der Waals surface area contributed by atoms with Crippen LogP contribution in [0.2, 0.25) is 0 Å². The molecule has 0 spiro atoms. The van der Waals surface area contributed by atoms with Gasteiger partial charge in [0.1, 0.15) is 10.8 Å². The van der Waals surface area contributed by atoms with Crippen LogP contribution in [0.1, 0.15) is 18.1 Å². The van der Waals surface area contributed by atoms with Gasteiger partial charge in [-0.2, -0.15) is 0 Å². The zero-order chi connectivity index (χ0) is 27.8. The lowest BCUT2D eigenvalue weighted by Gasteiger charge is -2.12. The number of thiazole rings is 1. The van der Waals surface area contributed by atoms with Crippen LogP contribution in [0.3, 0.4) is 0 Å². The van der Waals surface area contributed by atoms with E-state index in [-0.39, 0.29) is 0 Å². The molecule has 0 bridgehead atoms. The Morgan fingerprint density at radius 1 is 0.732 bits per heavy atom. The molecular formula is C37H27N3S. The standard InChI is InChI=1S/C37H27N3S/c1-25(27-14-6-3-7-15-27)24-34(38-26(2)28-16-8-4-9-17-28)40-33-21-13-12-20-30(33)31-22-23-32-36(35(31)40)41-37(39-32)29-18-10-5-11-19-29/h3-24H,2H2,1H3/b25-24+,38-34?. The highest BCUT2D eigenvalue weighted by Gasteiger charge is 2.19. The van der Waals surface area contributed by atoms with Crippen LogP contribution in [0.5, 0.6) is 0 Å². The maximum absolute atomic E-state index is 5.22. The molecule has 0 saturated carbocycles. The van der Waals surface area contributed by atoms with Gasteiger partial charge in [0, 0.05) is 16.3 Å². The number of hydrogen-bond donors (Lipinski definition) is 0. The summed E-state index contributed by atoms with van der Waals surface area (Å²) in [6.07, 6.45) is 2.17. The molecule has 0 saturated heterocycles. The Morgan fingerprint density at radius 2 is 1.37 bits per heavy atom. The predicted octanol–water partition coefficient (Wildman–Crippen LogP) is 10.1. The van der Waals surface area contributed by atoms with E-state index in [1.165, 1.54) is 10.8 Å². The molecule has 0 aliphatic carbocycles. The second-order valence-corrected chi connectivity index (χ2v) is 11.0. The Labute approximate surface area is 243 Å². The average molecular weight is 546 g/mol. The van der Waals surface area contributed by atoms with Crippen molar-refractivity contribution in [3.8, 4) is 10.6 Å². The number of aliphatic imine (C=N–C) groups is 1. The number of fused-ring (bicyclic) bond motifs is 5. The van der Waals surface area contributed by atoms with Crippen LogP contribution < -0.4 is 0 Å². The van der Waals surface area contributed by atoms with E-state index in [0.29, 0.717) is 5.70 Å². The van der Waals surface area contributed by atoms with Crippen molar-refractivity contribution in [2.24, 2.45) is 4.99 Å². The molecule has 0 radical (unpaired) electrons. The Kier molecular flexibility index (Phi) is 6.38. The van der Waals surface area contributed by atoms with Crippen molar-refractivity contribution in [2.75, 3.05) is 0 Å². The maximum Gasteiger partial charge on any atom is 0.138 e. The van der Waals surface area contributed by atoms with E-state index < -0.39 is 0 Å². The Bertz CT molecular complexity index is 2100. The van der Waals surface area contributed by atoms with Crippen molar-refractivity contribution in [2.45, 2.75) is 6.92 Å². The van der Waals surface area contributed by atoms with Gasteiger partial charge in [0.2, 0.25) is 0 Å². The third kappa shape index (κ3) is 4.58. The molecule has 2 heterocycles. The minimum atomic E-state index is 0.713. The largest absolute Gasteiger partial charge is 0.292 e. The van der Waals surface area contributed by atoms with Gasteiger partial charge in [-0.25, -0.2) is 9.98 Å². The van der Waals surface area contributed by atoms with E-state index in [1.54, 1.807) is 11.3 Å². The third-order valence-electron chi connectivity index (χ3n) is 7.37. The number of allylic oxidation sites excluding steroid dienone is 2. The van der Waals surface area contributed by atoms with Gasteiger partial charge in [-0.15, -0.1) is 11.3 Å². The molecule has 7 rings (SSSR count). The van der Waals surface area contributed by atoms with Gasteiger partial charge < -0.3 is 0 Å². The molecule has 5 aromatic carbocycles. The molecule has 41 heavy (non-hydrogen) atoms. The highest BCUT2D eigenvalue weighted by molar-refractivity contribution is 7.22. The Morgan fingerprint density at radius 3 is 2.10 bits per heavy atom. The summed E-state index contributed by atoms with van der Waals surface area (Å²) in [7, 11) is 0. The van der Waals surface area contributed by atoms with Crippen molar-refractivity contribution in [3.05, 3.63) is 151 Å². The Hall–Kier alpha value is -5.06. The lowest BCUT2D eigenvalue weighted by atomic mass is 10.1. The number of para-hydroxylation sites is 1. The molecule has 7 aromatic rings. The van der Waals surface area contributed by atoms with Crippen LogP contribution in [-0.2, 0) is 0 Å². The highest BCUT2D eigenvalue weighted by Crippen LogP contribution is 2.39. The summed E-state index contributed by atoms with van der Waals surface area (Å²) in [5, 5.41) is 3.37. The SMILES string of the molecule is C=C(N=C(/C=C(\C)c1ccccc1)n1c2ccccc2c2ccc3nc(-c4ccccc4)sc3c21)c1ccccc1. The smallest absolute Gasteiger partial charge is 0.138 e. The fraction of sp³-hybridized carbons (Fsp3) is 0.0270. The number of benzene rings is 5. The van der Waals surface area contributed by atoms with E-state index >= 15 is 0 Å². The lowest BCUT2D eigenvalue weighted by Crippen LogP contribution is -2.10. The molecular weight excluding hydrogens is 518 g/mol. The highest BCUT2D eigenvalue weighted by atomic mass is 32.1. The number of nitrogens with zero attached hydrogens (tertiary/aromatic N) is 3. The molecule has 0 atom stereocenters. The quantitative estimate of drug-likeness (QED) is 0.156. The van der Waals surface area contributed by atoms with Gasteiger partial charge in [-0.05, 0) is 47.9 Å². The molecule has 0 fully saturated rings. The molecule has 3 nitrogen and oxygen atoms in total. The number of rotatable bonds is 5. The maximum atomic E-state index is 5.22. The molecule has 4 heteroatoms. The van der Waals surface area contributed by atoms with Crippen molar-refractivity contribution in [1.82, 2.24) is 9.55 Å². The van der Waals surface area contributed by atoms with Crippen LogP contribution in [0, 0.1) is 0 Å². The fourth-order valence-corrected chi connectivity index (χ4v) is 6.44. The summed E-state index contributed by atoms with van der Waals surface area (Å²) >= 11 is 1.73. The summed E-state index contributed by atoms with van der Waals surface area (Å²) < 4.78 is 3.43. The average Bonchev–Trinajstić information content (AvgIpc) is 3.62. The molecule has 0 aliphatic heterocycles. The topological polar surface area (TPSA) is 30.2 Å². The normalized spacial score (nSPS) is 12.4. The predicted molar refractivity (Wildman–Crippen MR) is 176 cm³/mol. The number of aromatic nitrogens is 2.